The molecule has 1 atom stereocenters. The molecule has 0 aliphatic heterocycles. The van der Waals surface area contributed by atoms with Crippen LogP contribution in [0.15, 0.2) is 47.4 Å². The Kier molecular flexibility index (Phi) is 6.46. The molecule has 0 saturated carbocycles. The van der Waals surface area contributed by atoms with Crippen LogP contribution >= 0.6 is 23.2 Å². The van der Waals surface area contributed by atoms with E-state index in [1.54, 1.807) is 32.0 Å². The van der Waals surface area contributed by atoms with Crippen LogP contribution in [0.2, 0.25) is 10.0 Å². The fourth-order valence-corrected chi connectivity index (χ4v) is 3.88. The lowest BCUT2D eigenvalue weighted by molar-refractivity contribution is 0.0940. The lowest BCUT2D eigenvalue weighted by Crippen LogP contribution is -2.27. The molecular weight excluding hydrogens is 383 g/mol. The largest absolute Gasteiger partial charge is 0.345 e. The van der Waals surface area contributed by atoms with Gasteiger partial charge in [0.2, 0.25) is 10.0 Å². The van der Waals surface area contributed by atoms with Crippen molar-refractivity contribution in [1.29, 1.82) is 0 Å². The van der Waals surface area contributed by atoms with Gasteiger partial charge >= 0.3 is 0 Å². The molecular formula is C17H18Cl2N2O3S. The smallest absolute Gasteiger partial charge is 0.251 e. The van der Waals surface area contributed by atoms with Gasteiger partial charge in [0, 0.05) is 22.2 Å². The third-order valence-electron chi connectivity index (χ3n) is 3.54. The van der Waals surface area contributed by atoms with Crippen LogP contribution in [0.5, 0.6) is 0 Å². The molecule has 0 aliphatic carbocycles. The molecule has 0 aromatic heterocycles. The maximum Gasteiger partial charge on any atom is 0.251 e. The van der Waals surface area contributed by atoms with Gasteiger partial charge in [-0.2, -0.15) is 0 Å². The predicted octanol–water partition coefficient (Wildman–Crippen LogP) is 3.78. The summed E-state index contributed by atoms with van der Waals surface area (Å²) >= 11 is 12.0. The highest BCUT2D eigenvalue weighted by Gasteiger charge is 2.16. The summed E-state index contributed by atoms with van der Waals surface area (Å²) in [6, 6.07) is 10.5. The van der Waals surface area contributed by atoms with Crippen molar-refractivity contribution in [2.75, 3.05) is 6.54 Å². The maximum atomic E-state index is 12.3. The summed E-state index contributed by atoms with van der Waals surface area (Å²) < 4.78 is 26.2. The Morgan fingerprint density at radius 1 is 1.12 bits per heavy atom. The van der Waals surface area contributed by atoms with Crippen molar-refractivity contribution >= 4 is 39.1 Å². The van der Waals surface area contributed by atoms with E-state index in [9.17, 15) is 13.2 Å². The van der Waals surface area contributed by atoms with Gasteiger partial charge in [0.05, 0.1) is 10.9 Å². The predicted molar refractivity (Wildman–Crippen MR) is 99.6 cm³/mol. The van der Waals surface area contributed by atoms with Crippen LogP contribution in [0.4, 0.5) is 0 Å². The number of halogens is 2. The number of amides is 1. The topological polar surface area (TPSA) is 75.3 Å². The molecule has 0 radical (unpaired) electrons. The monoisotopic (exact) mass is 400 g/mol. The van der Waals surface area contributed by atoms with E-state index >= 15 is 0 Å². The lowest BCUT2D eigenvalue weighted by Gasteiger charge is -2.16. The molecule has 2 rings (SSSR count). The van der Waals surface area contributed by atoms with Gasteiger partial charge in [-0.3, -0.25) is 4.79 Å². The first-order chi connectivity index (χ1) is 11.7. The fraction of sp³-hybridized carbons (Fsp3) is 0.235. The Morgan fingerprint density at radius 2 is 1.76 bits per heavy atom. The molecule has 2 aromatic rings. The Bertz CT molecular complexity index is 868. The summed E-state index contributed by atoms with van der Waals surface area (Å²) in [5.74, 6) is -0.328. The van der Waals surface area contributed by atoms with Gasteiger partial charge in [-0.15, -0.1) is 0 Å². The second-order valence-electron chi connectivity index (χ2n) is 5.39. The zero-order valence-electron chi connectivity index (χ0n) is 13.7. The number of carbonyl (C=O) groups is 1. The van der Waals surface area contributed by atoms with Gasteiger partial charge in [-0.25, -0.2) is 13.1 Å². The van der Waals surface area contributed by atoms with Crippen LogP contribution in [0.25, 0.3) is 0 Å². The highest BCUT2D eigenvalue weighted by Crippen LogP contribution is 2.26. The van der Waals surface area contributed by atoms with Gasteiger partial charge in [0.1, 0.15) is 0 Å². The van der Waals surface area contributed by atoms with Crippen molar-refractivity contribution in [3.8, 4) is 0 Å². The average Bonchev–Trinajstić information content (AvgIpc) is 2.54. The molecule has 25 heavy (non-hydrogen) atoms. The normalized spacial score (nSPS) is 12.6. The van der Waals surface area contributed by atoms with Crippen molar-refractivity contribution in [1.82, 2.24) is 10.0 Å². The quantitative estimate of drug-likeness (QED) is 0.774. The standard InChI is InChI=1S/C17H18Cl2N2O3S/c1-3-20-25(23,24)14-7-4-12(5-8-14)17(22)21-11(2)15-9-6-13(18)10-16(15)19/h4-11,20H,3H2,1-2H3,(H,21,22). The molecule has 0 fully saturated rings. The summed E-state index contributed by atoms with van der Waals surface area (Å²) in [7, 11) is -3.54. The molecule has 0 saturated heterocycles. The number of hydrogen-bond donors (Lipinski definition) is 2. The van der Waals surface area contributed by atoms with Gasteiger partial charge in [-0.05, 0) is 48.9 Å². The van der Waals surface area contributed by atoms with Crippen molar-refractivity contribution < 1.29 is 13.2 Å². The number of carbonyl (C=O) groups excluding carboxylic acids is 1. The van der Waals surface area contributed by atoms with Gasteiger partial charge in [0.15, 0.2) is 0 Å². The molecule has 0 spiro atoms. The minimum absolute atomic E-state index is 0.111. The average molecular weight is 401 g/mol. The van der Waals surface area contributed by atoms with E-state index in [-0.39, 0.29) is 16.8 Å². The summed E-state index contributed by atoms with van der Waals surface area (Å²) in [5.41, 5.74) is 1.10. The Labute approximate surface area is 157 Å². The summed E-state index contributed by atoms with van der Waals surface area (Å²) in [6.07, 6.45) is 0. The van der Waals surface area contributed by atoms with Crippen LogP contribution in [-0.2, 0) is 10.0 Å². The summed E-state index contributed by atoms with van der Waals surface area (Å²) in [6.45, 7) is 3.80. The molecule has 0 bridgehead atoms. The van der Waals surface area contributed by atoms with E-state index in [2.05, 4.69) is 10.0 Å². The van der Waals surface area contributed by atoms with Crippen molar-refractivity contribution in [2.45, 2.75) is 24.8 Å². The number of sulfonamides is 1. The molecule has 2 aromatic carbocycles. The zero-order valence-corrected chi connectivity index (χ0v) is 16.0. The second-order valence-corrected chi connectivity index (χ2v) is 8.00. The Morgan fingerprint density at radius 3 is 2.32 bits per heavy atom. The second kappa shape index (κ2) is 8.19. The summed E-state index contributed by atoms with van der Waals surface area (Å²) in [4.78, 5) is 12.5. The first kappa shape index (κ1) is 19.7. The fourth-order valence-electron chi connectivity index (χ4n) is 2.27. The molecule has 134 valence electrons. The van der Waals surface area contributed by atoms with Crippen LogP contribution in [0.3, 0.4) is 0 Å². The maximum absolute atomic E-state index is 12.3. The SMILES string of the molecule is CCNS(=O)(=O)c1ccc(C(=O)NC(C)c2ccc(Cl)cc2Cl)cc1. The highest BCUT2D eigenvalue weighted by atomic mass is 35.5. The lowest BCUT2D eigenvalue weighted by atomic mass is 10.1. The van der Waals surface area contributed by atoms with E-state index in [0.717, 1.165) is 5.56 Å². The van der Waals surface area contributed by atoms with E-state index in [1.807, 2.05) is 0 Å². The number of hydrogen-bond acceptors (Lipinski definition) is 3. The van der Waals surface area contributed by atoms with E-state index in [1.165, 1.54) is 24.3 Å². The molecule has 0 aliphatic rings. The first-order valence-corrected chi connectivity index (χ1v) is 9.84. The highest BCUT2D eigenvalue weighted by molar-refractivity contribution is 7.89. The van der Waals surface area contributed by atoms with Crippen LogP contribution in [0.1, 0.15) is 35.8 Å². The van der Waals surface area contributed by atoms with E-state index in [0.29, 0.717) is 22.2 Å². The van der Waals surface area contributed by atoms with Crippen LogP contribution in [-0.4, -0.2) is 20.9 Å². The minimum Gasteiger partial charge on any atom is -0.345 e. The molecule has 5 nitrogen and oxygen atoms in total. The van der Waals surface area contributed by atoms with E-state index in [4.69, 9.17) is 23.2 Å². The van der Waals surface area contributed by atoms with Crippen molar-refractivity contribution in [3.63, 3.8) is 0 Å². The number of rotatable bonds is 6. The number of nitrogens with one attached hydrogen (secondary N) is 2. The van der Waals surface area contributed by atoms with Crippen molar-refractivity contribution in [3.05, 3.63) is 63.6 Å². The van der Waals surface area contributed by atoms with Crippen LogP contribution < -0.4 is 10.0 Å². The third-order valence-corrected chi connectivity index (χ3v) is 5.66. The number of benzene rings is 2. The molecule has 1 amide bonds. The van der Waals surface area contributed by atoms with E-state index < -0.39 is 10.0 Å². The Balaban J connectivity index is 2.13. The summed E-state index contributed by atoms with van der Waals surface area (Å²) in [5, 5.41) is 3.81. The minimum atomic E-state index is -3.54. The van der Waals surface area contributed by atoms with Gasteiger partial charge in [0.25, 0.3) is 5.91 Å². The first-order valence-electron chi connectivity index (χ1n) is 7.60. The Hall–Kier alpha value is -1.60. The van der Waals surface area contributed by atoms with Crippen molar-refractivity contribution in [2.24, 2.45) is 0 Å². The molecule has 1 unspecified atom stereocenters. The third kappa shape index (κ3) is 4.95. The zero-order chi connectivity index (χ0) is 18.6. The van der Waals surface area contributed by atoms with Gasteiger partial charge < -0.3 is 5.32 Å². The molecule has 2 N–H and O–H groups in total. The van der Waals surface area contributed by atoms with Gasteiger partial charge in [-0.1, -0.05) is 36.2 Å². The van der Waals surface area contributed by atoms with Crippen LogP contribution in [0, 0.1) is 0 Å². The molecule has 0 heterocycles. The molecule has 8 heteroatoms.